The molecule has 0 N–H and O–H groups in total. The van der Waals surface area contributed by atoms with E-state index in [2.05, 4.69) is 0 Å². The Bertz CT molecular complexity index is 1240. The minimum atomic E-state index is -1.08. The van der Waals surface area contributed by atoms with Crippen LogP contribution in [-0.2, 0) is 19.7 Å². The van der Waals surface area contributed by atoms with Crippen molar-refractivity contribution in [1.82, 2.24) is 0 Å². The van der Waals surface area contributed by atoms with Gasteiger partial charge in [0.15, 0.2) is 5.75 Å². The lowest BCUT2D eigenvalue weighted by molar-refractivity contribution is -0.144. The highest BCUT2D eigenvalue weighted by molar-refractivity contribution is 6.20. The predicted octanol–water partition coefficient (Wildman–Crippen LogP) is 5.30. The molecule has 31 heavy (non-hydrogen) atoms. The summed E-state index contributed by atoms with van der Waals surface area (Å²) >= 11 is 0. The van der Waals surface area contributed by atoms with E-state index in [1.807, 2.05) is 61.5 Å². The highest BCUT2D eigenvalue weighted by Gasteiger charge is 2.49. The van der Waals surface area contributed by atoms with Gasteiger partial charge in [-0.2, -0.15) is 0 Å². The van der Waals surface area contributed by atoms with Gasteiger partial charge in [-0.1, -0.05) is 54.1 Å². The molecule has 3 aromatic carbocycles. The lowest BCUT2D eigenvalue weighted by Crippen LogP contribution is -2.41. The first-order chi connectivity index (χ1) is 14.9. The lowest BCUT2D eigenvalue weighted by atomic mass is 9.75. The Balaban J connectivity index is 1.92. The highest BCUT2D eigenvalue weighted by Crippen LogP contribution is 2.42. The first kappa shape index (κ1) is 20.5. The largest absolute Gasteiger partial charge is 0.468 e. The molecule has 5 nitrogen and oxygen atoms in total. The molecule has 0 bridgehead atoms. The fraction of sp³-hybridized carbons (Fsp3) is 0.192. The zero-order chi connectivity index (χ0) is 22.0. The number of benzene rings is 3. The number of methoxy groups -OCH3 is 1. The van der Waals surface area contributed by atoms with E-state index >= 15 is 0 Å². The van der Waals surface area contributed by atoms with Gasteiger partial charge in [-0.05, 0) is 54.0 Å². The molecule has 3 aromatic rings. The van der Waals surface area contributed by atoms with Crippen molar-refractivity contribution in [3.63, 3.8) is 0 Å². The second kappa shape index (κ2) is 8.19. The van der Waals surface area contributed by atoms with Gasteiger partial charge >= 0.3 is 11.9 Å². The topological polar surface area (TPSA) is 65.0 Å². The smallest absolute Gasteiger partial charge is 0.322 e. The number of hydrogen-bond donors (Lipinski definition) is 0. The molecular formula is C26H23NO4. The van der Waals surface area contributed by atoms with Crippen molar-refractivity contribution < 1.29 is 19.1 Å². The van der Waals surface area contributed by atoms with Crippen LogP contribution in [0.1, 0.15) is 25.8 Å². The van der Waals surface area contributed by atoms with Gasteiger partial charge in [0.2, 0.25) is 0 Å². The molecule has 1 aliphatic carbocycles. The minimum Gasteiger partial charge on any atom is -0.468 e. The van der Waals surface area contributed by atoms with Crippen LogP contribution in [0.2, 0.25) is 0 Å². The van der Waals surface area contributed by atoms with Crippen LogP contribution in [0.3, 0.4) is 0 Å². The summed E-state index contributed by atoms with van der Waals surface area (Å²) in [5, 5.41) is 2.13. The number of carbonyl (C=O) groups excluding carboxylic acids is 2. The first-order valence-corrected chi connectivity index (χ1v) is 10.1. The maximum Gasteiger partial charge on any atom is 0.322 e. The van der Waals surface area contributed by atoms with Gasteiger partial charge in [0.25, 0.3) is 0 Å². The Kier molecular flexibility index (Phi) is 5.42. The average Bonchev–Trinajstić information content (AvgIpc) is 3.10. The summed E-state index contributed by atoms with van der Waals surface area (Å²) in [6, 6.07) is 21.0. The third-order valence-corrected chi connectivity index (χ3v) is 5.50. The molecule has 1 unspecified atom stereocenters. The number of esters is 2. The van der Waals surface area contributed by atoms with Crippen LogP contribution in [0.25, 0.3) is 10.8 Å². The number of allylic oxidation sites excluding steroid dienone is 2. The van der Waals surface area contributed by atoms with E-state index in [4.69, 9.17) is 14.5 Å². The number of hydrogen-bond acceptors (Lipinski definition) is 5. The van der Waals surface area contributed by atoms with E-state index in [1.54, 1.807) is 18.2 Å². The lowest BCUT2D eigenvalue weighted by Gasteiger charge is -2.28. The van der Waals surface area contributed by atoms with Crippen molar-refractivity contribution in [2.45, 2.75) is 25.7 Å². The SMILES string of the molecule is COC(=O)C1(c2ccc3ccccc3c2)CC(C)=CC1=Nc1ccccc1OC(C)=O. The minimum absolute atomic E-state index is 0.345. The molecule has 0 fully saturated rings. The first-order valence-electron chi connectivity index (χ1n) is 10.1. The Morgan fingerprint density at radius 2 is 1.68 bits per heavy atom. The molecule has 0 amide bonds. The predicted molar refractivity (Wildman–Crippen MR) is 121 cm³/mol. The zero-order valence-electron chi connectivity index (χ0n) is 17.7. The Labute approximate surface area is 181 Å². The van der Waals surface area contributed by atoms with Gasteiger partial charge in [0, 0.05) is 6.92 Å². The molecule has 0 heterocycles. The number of fused-ring (bicyclic) bond motifs is 1. The number of aliphatic imine (C=N–C) groups is 1. The number of nitrogens with zero attached hydrogens (tertiary/aromatic N) is 1. The van der Waals surface area contributed by atoms with E-state index < -0.39 is 11.4 Å². The number of ether oxygens (including phenoxy) is 2. The van der Waals surface area contributed by atoms with Crippen LogP contribution in [0, 0.1) is 0 Å². The van der Waals surface area contributed by atoms with Gasteiger partial charge in [-0.3, -0.25) is 9.59 Å². The number of para-hydroxylation sites is 2. The summed E-state index contributed by atoms with van der Waals surface area (Å²) in [7, 11) is 1.39. The Hall–Kier alpha value is -3.73. The molecule has 4 rings (SSSR count). The molecule has 0 saturated heterocycles. The molecule has 0 radical (unpaired) electrons. The van der Waals surface area contributed by atoms with Crippen LogP contribution in [0.5, 0.6) is 5.75 Å². The molecule has 1 aliphatic rings. The average molecular weight is 413 g/mol. The molecule has 5 heteroatoms. The van der Waals surface area contributed by atoms with Crippen LogP contribution in [0.15, 0.2) is 83.4 Å². The van der Waals surface area contributed by atoms with Gasteiger partial charge in [-0.15, -0.1) is 0 Å². The molecule has 0 aromatic heterocycles. The van der Waals surface area contributed by atoms with Crippen LogP contribution >= 0.6 is 0 Å². The summed E-state index contributed by atoms with van der Waals surface area (Å²) in [5.74, 6) is -0.461. The molecule has 0 saturated carbocycles. The monoisotopic (exact) mass is 413 g/mol. The molecular weight excluding hydrogens is 390 g/mol. The van der Waals surface area contributed by atoms with E-state index in [0.717, 1.165) is 21.9 Å². The van der Waals surface area contributed by atoms with Gasteiger partial charge in [0.05, 0.1) is 12.8 Å². The highest BCUT2D eigenvalue weighted by atomic mass is 16.5. The summed E-state index contributed by atoms with van der Waals surface area (Å²) in [6.45, 7) is 3.32. The van der Waals surface area contributed by atoms with Gasteiger partial charge in [0.1, 0.15) is 11.1 Å². The number of rotatable bonds is 4. The van der Waals surface area contributed by atoms with E-state index in [-0.39, 0.29) is 5.97 Å². The summed E-state index contributed by atoms with van der Waals surface area (Å²) in [6.07, 6.45) is 2.38. The van der Waals surface area contributed by atoms with E-state index in [9.17, 15) is 9.59 Å². The van der Waals surface area contributed by atoms with E-state index in [1.165, 1.54) is 14.0 Å². The summed E-state index contributed by atoms with van der Waals surface area (Å²) < 4.78 is 10.6. The fourth-order valence-corrected chi connectivity index (χ4v) is 4.14. The van der Waals surface area contributed by atoms with Crippen molar-refractivity contribution >= 4 is 34.1 Å². The molecule has 156 valence electrons. The van der Waals surface area contributed by atoms with Gasteiger partial charge < -0.3 is 9.47 Å². The molecule has 0 spiro atoms. The number of carbonyl (C=O) groups is 2. The van der Waals surface area contributed by atoms with Crippen molar-refractivity contribution in [1.29, 1.82) is 0 Å². The van der Waals surface area contributed by atoms with Crippen LogP contribution in [0.4, 0.5) is 5.69 Å². The quantitative estimate of drug-likeness (QED) is 0.430. The third kappa shape index (κ3) is 3.75. The van der Waals surface area contributed by atoms with Crippen molar-refractivity contribution in [2.24, 2.45) is 4.99 Å². The normalized spacial score (nSPS) is 19.3. The summed E-state index contributed by atoms with van der Waals surface area (Å²) in [4.78, 5) is 29.6. The standard InChI is InChI=1S/C26H23NO4/c1-17-14-24(27-22-10-6-7-11-23(22)31-18(2)28)26(16-17,25(29)30-3)21-13-12-19-8-4-5-9-20(19)15-21/h4-15H,16H2,1-3H3. The Morgan fingerprint density at radius 1 is 0.968 bits per heavy atom. The summed E-state index contributed by atoms with van der Waals surface area (Å²) in [5.41, 5.74) is 1.79. The van der Waals surface area contributed by atoms with Crippen LogP contribution < -0.4 is 4.74 Å². The van der Waals surface area contributed by atoms with Crippen LogP contribution in [-0.4, -0.2) is 24.8 Å². The van der Waals surface area contributed by atoms with Crippen molar-refractivity contribution in [3.05, 3.63) is 83.9 Å². The van der Waals surface area contributed by atoms with Crippen molar-refractivity contribution in [2.75, 3.05) is 7.11 Å². The second-order valence-corrected chi connectivity index (χ2v) is 7.68. The second-order valence-electron chi connectivity index (χ2n) is 7.68. The van der Waals surface area contributed by atoms with E-state index in [0.29, 0.717) is 23.6 Å². The molecule has 0 aliphatic heterocycles. The zero-order valence-corrected chi connectivity index (χ0v) is 17.7. The third-order valence-electron chi connectivity index (χ3n) is 5.50. The Morgan fingerprint density at radius 3 is 2.42 bits per heavy atom. The molecule has 1 atom stereocenters. The maximum atomic E-state index is 13.3. The fourth-order valence-electron chi connectivity index (χ4n) is 4.14. The van der Waals surface area contributed by atoms with Crippen molar-refractivity contribution in [3.8, 4) is 5.75 Å². The maximum absolute atomic E-state index is 13.3. The van der Waals surface area contributed by atoms with Gasteiger partial charge in [-0.25, -0.2) is 4.99 Å².